The number of nitrogens with zero attached hydrogens (tertiary/aromatic N) is 3. The van der Waals surface area contributed by atoms with Crippen molar-refractivity contribution < 1.29 is 4.79 Å². The van der Waals surface area contributed by atoms with E-state index in [2.05, 4.69) is 40.0 Å². The van der Waals surface area contributed by atoms with E-state index in [1.165, 1.54) is 0 Å². The van der Waals surface area contributed by atoms with Gasteiger partial charge in [-0.3, -0.25) is 4.79 Å². The second-order valence-electron chi connectivity index (χ2n) is 4.86. The second-order valence-corrected chi connectivity index (χ2v) is 5.65. The van der Waals surface area contributed by atoms with E-state index in [0.717, 1.165) is 42.5 Å². The van der Waals surface area contributed by atoms with Gasteiger partial charge in [-0.15, -0.1) is 0 Å². The molecule has 0 saturated heterocycles. The van der Waals surface area contributed by atoms with Gasteiger partial charge in [-0.25, -0.2) is 0 Å². The Labute approximate surface area is 130 Å². The zero-order valence-electron chi connectivity index (χ0n) is 12.8. The molecule has 1 heterocycles. The van der Waals surface area contributed by atoms with Crippen molar-refractivity contribution in [3.8, 4) is 0 Å². The van der Waals surface area contributed by atoms with Crippen LogP contribution in [0.1, 0.15) is 55.4 Å². The van der Waals surface area contributed by atoms with E-state index in [9.17, 15) is 4.79 Å². The molecule has 1 rings (SSSR count). The molecule has 5 heteroatoms. The van der Waals surface area contributed by atoms with Crippen LogP contribution < -0.4 is 0 Å². The van der Waals surface area contributed by atoms with Crippen molar-refractivity contribution in [3.05, 3.63) is 23.0 Å². The standard InChI is InChI=1S/C15H24BrN3O/c1-5-12(6-2)19(9-8-16)15(20)13-10-11(4)17-18-14(13)7-3/h10,12H,5-9H2,1-4H3. The van der Waals surface area contributed by atoms with Crippen molar-refractivity contribution in [3.63, 3.8) is 0 Å². The number of hydrogen-bond donors (Lipinski definition) is 0. The summed E-state index contributed by atoms with van der Waals surface area (Å²) in [6, 6.07) is 2.14. The van der Waals surface area contributed by atoms with Gasteiger partial charge in [0, 0.05) is 17.9 Å². The lowest BCUT2D eigenvalue weighted by atomic mass is 10.1. The lowest BCUT2D eigenvalue weighted by molar-refractivity contribution is 0.0681. The molecule has 0 unspecified atom stereocenters. The number of rotatable bonds is 7. The highest BCUT2D eigenvalue weighted by Gasteiger charge is 2.24. The molecule has 0 aliphatic heterocycles. The van der Waals surface area contributed by atoms with Crippen molar-refractivity contribution in [2.45, 2.75) is 53.0 Å². The van der Waals surface area contributed by atoms with E-state index in [1.54, 1.807) is 0 Å². The zero-order chi connectivity index (χ0) is 15.1. The molecule has 0 spiro atoms. The van der Waals surface area contributed by atoms with Gasteiger partial charge >= 0.3 is 0 Å². The first-order valence-electron chi connectivity index (χ1n) is 7.29. The summed E-state index contributed by atoms with van der Waals surface area (Å²) in [6.45, 7) is 8.84. The van der Waals surface area contributed by atoms with Crippen LogP contribution in [0, 0.1) is 6.92 Å². The molecule has 1 amide bonds. The van der Waals surface area contributed by atoms with Gasteiger partial charge in [0.1, 0.15) is 0 Å². The zero-order valence-corrected chi connectivity index (χ0v) is 14.4. The summed E-state index contributed by atoms with van der Waals surface area (Å²) in [5.41, 5.74) is 2.27. The Hall–Kier alpha value is -0.970. The molecule has 0 aliphatic carbocycles. The van der Waals surface area contributed by atoms with Gasteiger partial charge in [-0.2, -0.15) is 10.2 Å². The van der Waals surface area contributed by atoms with E-state index in [-0.39, 0.29) is 11.9 Å². The van der Waals surface area contributed by atoms with Crippen molar-refractivity contribution in [2.24, 2.45) is 0 Å². The Balaban J connectivity index is 3.14. The summed E-state index contributed by atoms with van der Waals surface area (Å²) in [6.07, 6.45) is 2.65. The molecule has 0 aliphatic rings. The van der Waals surface area contributed by atoms with Crippen LogP contribution in [0.4, 0.5) is 0 Å². The van der Waals surface area contributed by atoms with Gasteiger partial charge in [0.05, 0.1) is 17.0 Å². The maximum Gasteiger partial charge on any atom is 0.256 e. The van der Waals surface area contributed by atoms with Crippen LogP contribution in [0.15, 0.2) is 6.07 Å². The molecule has 0 saturated carbocycles. The number of aromatic nitrogens is 2. The van der Waals surface area contributed by atoms with Crippen LogP contribution in [-0.4, -0.2) is 38.9 Å². The Morgan fingerprint density at radius 3 is 2.45 bits per heavy atom. The van der Waals surface area contributed by atoms with Crippen LogP contribution in [0.2, 0.25) is 0 Å². The highest BCUT2D eigenvalue weighted by molar-refractivity contribution is 9.09. The van der Waals surface area contributed by atoms with Gasteiger partial charge in [0.15, 0.2) is 0 Å². The molecule has 0 radical (unpaired) electrons. The fraction of sp³-hybridized carbons (Fsp3) is 0.667. The van der Waals surface area contributed by atoms with Crippen LogP contribution in [0.5, 0.6) is 0 Å². The number of halogens is 1. The summed E-state index contributed by atoms with van der Waals surface area (Å²) in [4.78, 5) is 14.8. The third-order valence-electron chi connectivity index (χ3n) is 3.53. The molecule has 20 heavy (non-hydrogen) atoms. The van der Waals surface area contributed by atoms with Gasteiger partial charge in [-0.05, 0) is 32.3 Å². The molecule has 0 fully saturated rings. The largest absolute Gasteiger partial charge is 0.335 e. The number of alkyl halides is 1. The molecule has 1 aromatic rings. The smallest absolute Gasteiger partial charge is 0.256 e. The molecule has 0 bridgehead atoms. The van der Waals surface area contributed by atoms with Crippen LogP contribution in [0.25, 0.3) is 0 Å². The third kappa shape index (κ3) is 4.01. The maximum atomic E-state index is 12.9. The molecule has 1 aromatic heterocycles. The van der Waals surface area contributed by atoms with E-state index in [0.29, 0.717) is 5.56 Å². The monoisotopic (exact) mass is 341 g/mol. The Kier molecular flexibility index (Phi) is 7.13. The van der Waals surface area contributed by atoms with E-state index in [1.807, 2.05) is 24.8 Å². The van der Waals surface area contributed by atoms with Crippen molar-refractivity contribution in [2.75, 3.05) is 11.9 Å². The molecular weight excluding hydrogens is 318 g/mol. The molecule has 0 N–H and O–H groups in total. The Bertz CT molecular complexity index is 447. The predicted molar refractivity (Wildman–Crippen MR) is 85.3 cm³/mol. The Morgan fingerprint density at radius 1 is 1.30 bits per heavy atom. The molecule has 0 atom stereocenters. The lowest BCUT2D eigenvalue weighted by Gasteiger charge is -2.30. The van der Waals surface area contributed by atoms with Crippen LogP contribution in [0.3, 0.4) is 0 Å². The number of aryl methyl sites for hydroxylation is 2. The first kappa shape index (κ1) is 17.1. The predicted octanol–water partition coefficient (Wildman–Crippen LogP) is 3.37. The van der Waals surface area contributed by atoms with Crippen molar-refractivity contribution >= 4 is 21.8 Å². The number of carbonyl (C=O) groups excluding carboxylic acids is 1. The summed E-state index contributed by atoms with van der Waals surface area (Å²) in [5, 5.41) is 9.00. The minimum Gasteiger partial charge on any atom is -0.335 e. The minimum absolute atomic E-state index is 0.0769. The van der Waals surface area contributed by atoms with Crippen LogP contribution >= 0.6 is 15.9 Å². The quantitative estimate of drug-likeness (QED) is 0.714. The number of carbonyl (C=O) groups is 1. The normalized spacial score (nSPS) is 10.9. The minimum atomic E-state index is 0.0769. The average Bonchev–Trinajstić information content (AvgIpc) is 2.46. The molecule has 4 nitrogen and oxygen atoms in total. The van der Waals surface area contributed by atoms with Gasteiger partial charge in [0.25, 0.3) is 5.91 Å². The molecule has 112 valence electrons. The first-order chi connectivity index (χ1) is 9.58. The second kappa shape index (κ2) is 8.35. The maximum absolute atomic E-state index is 12.9. The van der Waals surface area contributed by atoms with E-state index < -0.39 is 0 Å². The topological polar surface area (TPSA) is 46.1 Å². The average molecular weight is 342 g/mol. The number of hydrogen-bond acceptors (Lipinski definition) is 3. The highest BCUT2D eigenvalue weighted by atomic mass is 79.9. The van der Waals surface area contributed by atoms with Crippen molar-refractivity contribution in [1.29, 1.82) is 0 Å². The fourth-order valence-electron chi connectivity index (χ4n) is 2.39. The summed E-state index contributed by atoms with van der Waals surface area (Å²) in [7, 11) is 0. The van der Waals surface area contributed by atoms with Crippen LogP contribution in [-0.2, 0) is 6.42 Å². The summed E-state index contributed by atoms with van der Waals surface area (Å²) < 4.78 is 0. The van der Waals surface area contributed by atoms with E-state index >= 15 is 0 Å². The fourth-order valence-corrected chi connectivity index (χ4v) is 2.77. The number of amides is 1. The SMILES string of the molecule is CCc1nnc(C)cc1C(=O)N(CCBr)C(CC)CC. The van der Waals surface area contributed by atoms with Gasteiger partial charge < -0.3 is 4.90 Å². The third-order valence-corrected chi connectivity index (χ3v) is 3.88. The highest BCUT2D eigenvalue weighted by Crippen LogP contribution is 2.17. The summed E-state index contributed by atoms with van der Waals surface area (Å²) >= 11 is 3.45. The summed E-state index contributed by atoms with van der Waals surface area (Å²) in [5.74, 6) is 0.0769. The van der Waals surface area contributed by atoms with Crippen molar-refractivity contribution in [1.82, 2.24) is 15.1 Å². The first-order valence-corrected chi connectivity index (χ1v) is 8.41. The Morgan fingerprint density at radius 2 is 1.95 bits per heavy atom. The lowest BCUT2D eigenvalue weighted by Crippen LogP contribution is -2.41. The van der Waals surface area contributed by atoms with E-state index in [4.69, 9.17) is 0 Å². The molecular formula is C15H24BrN3O. The van der Waals surface area contributed by atoms with Gasteiger partial charge in [0.2, 0.25) is 0 Å². The molecule has 0 aromatic carbocycles. The van der Waals surface area contributed by atoms with Gasteiger partial charge in [-0.1, -0.05) is 36.7 Å².